The number of alkyl halides is 1. The summed E-state index contributed by atoms with van der Waals surface area (Å²) in [4.78, 5) is 4.73. The fourth-order valence-electron chi connectivity index (χ4n) is 2.14. The number of anilines is 1. The molecule has 0 amide bonds. The van der Waals surface area contributed by atoms with Crippen LogP contribution in [0.2, 0.25) is 0 Å². The van der Waals surface area contributed by atoms with Crippen LogP contribution in [0, 0.1) is 0 Å². The van der Waals surface area contributed by atoms with E-state index in [9.17, 15) is 0 Å². The summed E-state index contributed by atoms with van der Waals surface area (Å²) in [5.41, 5.74) is 4.21. The van der Waals surface area contributed by atoms with Crippen LogP contribution in [-0.4, -0.2) is 21.6 Å². The Morgan fingerprint density at radius 2 is 2.15 bits per heavy atom. The van der Waals surface area contributed by atoms with Crippen molar-refractivity contribution in [2.45, 2.75) is 4.43 Å². The molecule has 0 atom stereocenters. The number of hydrogen-bond acceptors (Lipinski definition) is 3. The molecule has 6 heteroatoms. The van der Waals surface area contributed by atoms with Crippen LogP contribution in [0.1, 0.15) is 5.56 Å². The molecule has 0 aliphatic rings. The molecule has 0 saturated carbocycles. The van der Waals surface area contributed by atoms with Crippen molar-refractivity contribution in [1.29, 1.82) is 0 Å². The zero-order valence-electron chi connectivity index (χ0n) is 10.8. The molecule has 0 radical (unpaired) electrons. The molecular formula is C14H12BrIN4. The van der Waals surface area contributed by atoms with Gasteiger partial charge in [0.25, 0.3) is 0 Å². The predicted octanol–water partition coefficient (Wildman–Crippen LogP) is 4.14. The number of halogens is 2. The maximum atomic E-state index is 4.73. The first-order valence-electron chi connectivity index (χ1n) is 6.11. The minimum Gasteiger partial charge on any atom is -0.373 e. The first-order valence-corrected chi connectivity index (χ1v) is 8.42. The molecule has 4 nitrogen and oxygen atoms in total. The molecule has 1 aromatic carbocycles. The van der Waals surface area contributed by atoms with Crippen molar-refractivity contribution in [2.24, 2.45) is 0 Å². The van der Waals surface area contributed by atoms with Crippen molar-refractivity contribution >= 4 is 50.0 Å². The van der Waals surface area contributed by atoms with E-state index in [2.05, 4.69) is 67.1 Å². The lowest BCUT2D eigenvalue weighted by molar-refractivity contribution is 0.944. The first kappa shape index (κ1) is 13.8. The quantitative estimate of drug-likeness (QED) is 0.489. The Bertz CT molecular complexity index is 769. The standard InChI is InChI=1S/C14H12BrIN4/c1-17-13-6-12(10-5-3-2-4-9(10)7-16)19-14-11(15)8-18-20(13)14/h2-6,8,17H,7H2,1H3. The highest BCUT2D eigenvalue weighted by Gasteiger charge is 2.12. The van der Waals surface area contributed by atoms with E-state index in [0.717, 1.165) is 31.6 Å². The van der Waals surface area contributed by atoms with Crippen molar-refractivity contribution < 1.29 is 0 Å². The summed E-state index contributed by atoms with van der Waals surface area (Å²) in [6.45, 7) is 0. The molecule has 0 unspecified atom stereocenters. The molecule has 0 saturated heterocycles. The maximum Gasteiger partial charge on any atom is 0.172 e. The van der Waals surface area contributed by atoms with Gasteiger partial charge >= 0.3 is 0 Å². The molecule has 102 valence electrons. The minimum atomic E-state index is 0.815. The van der Waals surface area contributed by atoms with Gasteiger partial charge < -0.3 is 5.32 Å². The molecule has 2 heterocycles. The molecule has 2 aromatic heterocycles. The Morgan fingerprint density at radius 1 is 1.35 bits per heavy atom. The van der Waals surface area contributed by atoms with Gasteiger partial charge in [-0.3, -0.25) is 0 Å². The minimum absolute atomic E-state index is 0.815. The molecule has 0 aliphatic carbocycles. The van der Waals surface area contributed by atoms with Gasteiger partial charge in [-0.05, 0) is 21.5 Å². The van der Waals surface area contributed by atoms with E-state index in [1.165, 1.54) is 5.56 Å². The van der Waals surface area contributed by atoms with Crippen LogP contribution in [-0.2, 0) is 4.43 Å². The van der Waals surface area contributed by atoms with Gasteiger partial charge in [-0.1, -0.05) is 46.9 Å². The Morgan fingerprint density at radius 3 is 2.90 bits per heavy atom. The Labute approximate surface area is 138 Å². The van der Waals surface area contributed by atoms with E-state index < -0.39 is 0 Å². The largest absolute Gasteiger partial charge is 0.373 e. The Hall–Kier alpha value is -1.15. The second kappa shape index (κ2) is 5.69. The van der Waals surface area contributed by atoms with E-state index in [0.29, 0.717) is 0 Å². The summed E-state index contributed by atoms with van der Waals surface area (Å²) >= 11 is 5.87. The van der Waals surface area contributed by atoms with Gasteiger partial charge in [0, 0.05) is 23.1 Å². The van der Waals surface area contributed by atoms with Crippen LogP contribution in [0.25, 0.3) is 16.9 Å². The molecule has 1 N–H and O–H groups in total. The van der Waals surface area contributed by atoms with Gasteiger partial charge in [0.1, 0.15) is 5.82 Å². The monoisotopic (exact) mass is 442 g/mol. The highest BCUT2D eigenvalue weighted by atomic mass is 127. The Balaban J connectivity index is 2.28. The summed E-state index contributed by atoms with van der Waals surface area (Å²) < 4.78 is 3.64. The van der Waals surface area contributed by atoms with Gasteiger partial charge in [0.2, 0.25) is 0 Å². The SMILES string of the molecule is CNc1cc(-c2ccccc2CI)nc2c(Br)cnn12. The third-order valence-corrected chi connectivity index (χ3v) is 4.50. The molecule has 0 bridgehead atoms. The average Bonchev–Trinajstić information content (AvgIpc) is 2.88. The van der Waals surface area contributed by atoms with Crippen LogP contribution < -0.4 is 5.32 Å². The molecular weight excluding hydrogens is 431 g/mol. The number of aromatic nitrogens is 3. The summed E-state index contributed by atoms with van der Waals surface area (Å²) in [7, 11) is 1.89. The fraction of sp³-hybridized carbons (Fsp3) is 0.143. The third-order valence-electron chi connectivity index (χ3n) is 3.12. The van der Waals surface area contributed by atoms with Crippen molar-refractivity contribution in [3.8, 4) is 11.3 Å². The lowest BCUT2D eigenvalue weighted by Crippen LogP contribution is -2.02. The maximum absolute atomic E-state index is 4.73. The smallest absolute Gasteiger partial charge is 0.172 e. The third kappa shape index (κ3) is 2.31. The molecule has 0 fully saturated rings. The van der Waals surface area contributed by atoms with Crippen LogP contribution in [0.5, 0.6) is 0 Å². The van der Waals surface area contributed by atoms with E-state index >= 15 is 0 Å². The van der Waals surface area contributed by atoms with Crippen molar-refractivity contribution in [3.05, 3.63) is 46.6 Å². The van der Waals surface area contributed by atoms with Crippen LogP contribution >= 0.6 is 38.5 Å². The average molecular weight is 443 g/mol. The molecule has 20 heavy (non-hydrogen) atoms. The van der Waals surface area contributed by atoms with Crippen molar-refractivity contribution in [3.63, 3.8) is 0 Å². The zero-order chi connectivity index (χ0) is 14.1. The number of nitrogens with one attached hydrogen (secondary N) is 1. The van der Waals surface area contributed by atoms with E-state index in [4.69, 9.17) is 4.98 Å². The highest BCUT2D eigenvalue weighted by molar-refractivity contribution is 14.1. The van der Waals surface area contributed by atoms with Crippen LogP contribution in [0.15, 0.2) is 41.0 Å². The van der Waals surface area contributed by atoms with Gasteiger partial charge in [-0.2, -0.15) is 9.61 Å². The summed E-state index contributed by atoms with van der Waals surface area (Å²) in [6, 6.07) is 10.4. The Kier molecular flexibility index (Phi) is 3.93. The van der Waals surface area contributed by atoms with Gasteiger partial charge in [0.05, 0.1) is 16.4 Å². The zero-order valence-corrected chi connectivity index (χ0v) is 14.5. The summed E-state index contributed by atoms with van der Waals surface area (Å²) in [5, 5.41) is 7.48. The van der Waals surface area contributed by atoms with Crippen molar-refractivity contribution in [2.75, 3.05) is 12.4 Å². The highest BCUT2D eigenvalue weighted by Crippen LogP contribution is 2.28. The second-order valence-electron chi connectivity index (χ2n) is 4.30. The van der Waals surface area contributed by atoms with Crippen LogP contribution in [0.3, 0.4) is 0 Å². The molecule has 3 aromatic rings. The van der Waals surface area contributed by atoms with Gasteiger partial charge in [-0.15, -0.1) is 0 Å². The van der Waals surface area contributed by atoms with Gasteiger partial charge in [0.15, 0.2) is 5.65 Å². The van der Waals surface area contributed by atoms with E-state index in [1.807, 2.05) is 19.2 Å². The van der Waals surface area contributed by atoms with Crippen LogP contribution in [0.4, 0.5) is 5.82 Å². The number of nitrogens with zero attached hydrogens (tertiary/aromatic N) is 3. The first-order chi connectivity index (χ1) is 9.74. The second-order valence-corrected chi connectivity index (χ2v) is 5.91. The summed E-state index contributed by atoms with van der Waals surface area (Å²) in [6.07, 6.45) is 1.76. The van der Waals surface area contributed by atoms with Gasteiger partial charge in [-0.25, -0.2) is 4.98 Å². The van der Waals surface area contributed by atoms with E-state index in [1.54, 1.807) is 10.7 Å². The number of benzene rings is 1. The lowest BCUT2D eigenvalue weighted by Gasteiger charge is -2.10. The topological polar surface area (TPSA) is 42.2 Å². The summed E-state index contributed by atoms with van der Waals surface area (Å²) in [5.74, 6) is 0.916. The number of hydrogen-bond donors (Lipinski definition) is 1. The number of rotatable bonds is 3. The normalized spacial score (nSPS) is 10.9. The van der Waals surface area contributed by atoms with E-state index in [-0.39, 0.29) is 0 Å². The lowest BCUT2D eigenvalue weighted by atomic mass is 10.1. The predicted molar refractivity (Wildman–Crippen MR) is 93.4 cm³/mol. The van der Waals surface area contributed by atoms with Crippen molar-refractivity contribution in [1.82, 2.24) is 14.6 Å². The molecule has 0 aliphatic heterocycles. The molecule has 3 rings (SSSR count). The molecule has 0 spiro atoms. The fourth-order valence-corrected chi connectivity index (χ4v) is 3.15. The number of fused-ring (bicyclic) bond motifs is 1.